The zero-order valence-corrected chi connectivity index (χ0v) is 11.0. The van der Waals surface area contributed by atoms with E-state index in [2.05, 4.69) is 15.3 Å². The van der Waals surface area contributed by atoms with E-state index in [0.717, 1.165) is 29.4 Å². The molecule has 4 nitrogen and oxygen atoms in total. The number of nitrogens with zero attached hydrogens (tertiary/aromatic N) is 2. The molecule has 0 bridgehead atoms. The van der Waals surface area contributed by atoms with Gasteiger partial charge in [-0.3, -0.25) is 0 Å². The summed E-state index contributed by atoms with van der Waals surface area (Å²) in [6, 6.07) is 15.1. The molecule has 0 amide bonds. The third kappa shape index (κ3) is 2.85. The van der Waals surface area contributed by atoms with Gasteiger partial charge < -0.3 is 10.4 Å². The molecule has 3 rings (SSSR count). The van der Waals surface area contributed by atoms with E-state index in [1.54, 1.807) is 12.1 Å². The molecule has 0 aliphatic carbocycles. The fraction of sp³-hybridized carbons (Fsp3) is 0.125. The quantitative estimate of drug-likeness (QED) is 0.761. The second-order valence-electron chi connectivity index (χ2n) is 4.60. The predicted molar refractivity (Wildman–Crippen MR) is 79.8 cm³/mol. The molecule has 0 saturated heterocycles. The summed E-state index contributed by atoms with van der Waals surface area (Å²) in [4.78, 5) is 8.75. The highest BCUT2D eigenvalue weighted by atomic mass is 16.3. The van der Waals surface area contributed by atoms with Gasteiger partial charge in [0.1, 0.15) is 5.75 Å². The van der Waals surface area contributed by atoms with Gasteiger partial charge in [-0.2, -0.15) is 0 Å². The van der Waals surface area contributed by atoms with Gasteiger partial charge in [0.05, 0.1) is 5.52 Å². The molecule has 100 valence electrons. The molecule has 0 saturated carbocycles. The topological polar surface area (TPSA) is 58.0 Å². The molecule has 0 fully saturated rings. The maximum Gasteiger partial charge on any atom is 0.223 e. The number of aromatic nitrogens is 2. The van der Waals surface area contributed by atoms with Crippen molar-refractivity contribution in [1.29, 1.82) is 0 Å². The average molecular weight is 265 g/mol. The van der Waals surface area contributed by atoms with Crippen LogP contribution in [0.2, 0.25) is 0 Å². The molecule has 1 aromatic heterocycles. The predicted octanol–water partition coefficient (Wildman–Crippen LogP) is 2.99. The summed E-state index contributed by atoms with van der Waals surface area (Å²) in [6.07, 6.45) is 2.68. The van der Waals surface area contributed by atoms with Crippen molar-refractivity contribution in [3.05, 3.63) is 60.3 Å². The Kier molecular flexibility index (Phi) is 3.46. The fourth-order valence-electron chi connectivity index (χ4n) is 2.04. The van der Waals surface area contributed by atoms with Crippen LogP contribution < -0.4 is 5.32 Å². The zero-order valence-electron chi connectivity index (χ0n) is 11.0. The van der Waals surface area contributed by atoms with Gasteiger partial charge in [0.25, 0.3) is 0 Å². The van der Waals surface area contributed by atoms with Gasteiger partial charge >= 0.3 is 0 Å². The Balaban J connectivity index is 1.63. The Bertz CT molecular complexity index is 710. The van der Waals surface area contributed by atoms with Gasteiger partial charge in [-0.05, 0) is 30.2 Å². The first-order valence-electron chi connectivity index (χ1n) is 6.55. The Labute approximate surface area is 117 Å². The molecule has 2 N–H and O–H groups in total. The van der Waals surface area contributed by atoms with Gasteiger partial charge in [-0.1, -0.05) is 30.3 Å². The molecular formula is C16H15N3O. The van der Waals surface area contributed by atoms with Crippen LogP contribution in [0.15, 0.2) is 54.7 Å². The number of phenols is 1. The first kappa shape index (κ1) is 12.4. The van der Waals surface area contributed by atoms with Crippen molar-refractivity contribution < 1.29 is 5.11 Å². The van der Waals surface area contributed by atoms with E-state index in [-0.39, 0.29) is 0 Å². The maximum absolute atomic E-state index is 9.23. The smallest absolute Gasteiger partial charge is 0.223 e. The molecule has 0 spiro atoms. The highest BCUT2D eigenvalue weighted by molar-refractivity contribution is 5.78. The van der Waals surface area contributed by atoms with E-state index >= 15 is 0 Å². The lowest BCUT2D eigenvalue weighted by molar-refractivity contribution is 0.475. The summed E-state index contributed by atoms with van der Waals surface area (Å²) in [5, 5.41) is 13.5. The highest BCUT2D eigenvalue weighted by Gasteiger charge is 1.99. The van der Waals surface area contributed by atoms with Crippen LogP contribution in [0.4, 0.5) is 5.95 Å². The number of hydrogen-bond donors (Lipinski definition) is 2. The third-order valence-electron chi connectivity index (χ3n) is 3.12. The minimum Gasteiger partial charge on any atom is -0.508 e. The minimum absolute atomic E-state index is 0.291. The lowest BCUT2D eigenvalue weighted by atomic mass is 10.1. The first-order valence-corrected chi connectivity index (χ1v) is 6.55. The highest BCUT2D eigenvalue weighted by Crippen LogP contribution is 2.12. The lowest BCUT2D eigenvalue weighted by Crippen LogP contribution is -2.07. The van der Waals surface area contributed by atoms with Crippen LogP contribution >= 0.6 is 0 Å². The molecule has 0 unspecified atom stereocenters. The molecule has 0 atom stereocenters. The Morgan fingerprint density at radius 1 is 1.00 bits per heavy atom. The minimum atomic E-state index is 0.291. The van der Waals surface area contributed by atoms with Crippen molar-refractivity contribution in [1.82, 2.24) is 9.97 Å². The van der Waals surface area contributed by atoms with E-state index in [9.17, 15) is 5.11 Å². The van der Waals surface area contributed by atoms with Crippen molar-refractivity contribution in [2.75, 3.05) is 11.9 Å². The molecule has 20 heavy (non-hydrogen) atoms. The largest absolute Gasteiger partial charge is 0.508 e. The number of nitrogens with one attached hydrogen (secondary N) is 1. The number of aromatic hydroxyl groups is 1. The monoisotopic (exact) mass is 265 g/mol. The molecule has 4 heteroatoms. The standard InChI is InChI=1S/C16H15N3O/c20-14-7-5-12(6-8-14)9-10-17-16-18-11-13-3-1-2-4-15(13)19-16/h1-8,11,20H,9-10H2,(H,17,18,19). The van der Waals surface area contributed by atoms with Crippen LogP contribution in [-0.2, 0) is 6.42 Å². The number of hydrogen-bond acceptors (Lipinski definition) is 4. The lowest BCUT2D eigenvalue weighted by Gasteiger charge is -2.06. The Morgan fingerprint density at radius 3 is 2.65 bits per heavy atom. The molecule has 1 heterocycles. The summed E-state index contributed by atoms with van der Waals surface area (Å²) in [7, 11) is 0. The van der Waals surface area contributed by atoms with E-state index in [4.69, 9.17) is 0 Å². The molecule has 0 radical (unpaired) electrons. The van der Waals surface area contributed by atoms with Crippen LogP contribution in [0.25, 0.3) is 10.9 Å². The molecule has 3 aromatic rings. The summed E-state index contributed by atoms with van der Waals surface area (Å²) in [5.41, 5.74) is 2.10. The Hall–Kier alpha value is -2.62. The number of phenolic OH excluding ortho intramolecular Hbond substituents is 1. The van der Waals surface area contributed by atoms with Crippen molar-refractivity contribution >= 4 is 16.9 Å². The van der Waals surface area contributed by atoms with Crippen molar-refractivity contribution in [3.63, 3.8) is 0 Å². The second-order valence-corrected chi connectivity index (χ2v) is 4.60. The summed E-state index contributed by atoms with van der Waals surface area (Å²) >= 11 is 0. The van der Waals surface area contributed by atoms with E-state index in [0.29, 0.717) is 11.7 Å². The van der Waals surface area contributed by atoms with Gasteiger partial charge in [0, 0.05) is 18.1 Å². The zero-order chi connectivity index (χ0) is 13.8. The van der Waals surface area contributed by atoms with Gasteiger partial charge in [0.15, 0.2) is 0 Å². The van der Waals surface area contributed by atoms with E-state index in [1.165, 1.54) is 0 Å². The maximum atomic E-state index is 9.23. The van der Waals surface area contributed by atoms with Gasteiger partial charge in [-0.25, -0.2) is 9.97 Å². The second kappa shape index (κ2) is 5.57. The van der Waals surface area contributed by atoms with Crippen LogP contribution in [0.5, 0.6) is 5.75 Å². The van der Waals surface area contributed by atoms with E-state index < -0.39 is 0 Å². The van der Waals surface area contributed by atoms with Gasteiger partial charge in [-0.15, -0.1) is 0 Å². The number of para-hydroxylation sites is 1. The van der Waals surface area contributed by atoms with Crippen molar-refractivity contribution in [3.8, 4) is 5.75 Å². The number of benzene rings is 2. The normalized spacial score (nSPS) is 10.6. The van der Waals surface area contributed by atoms with E-state index in [1.807, 2.05) is 42.6 Å². The van der Waals surface area contributed by atoms with Crippen LogP contribution in [0.1, 0.15) is 5.56 Å². The number of anilines is 1. The molecule has 2 aromatic carbocycles. The van der Waals surface area contributed by atoms with Crippen LogP contribution in [0, 0.1) is 0 Å². The molecular weight excluding hydrogens is 250 g/mol. The first-order chi connectivity index (χ1) is 9.81. The molecule has 0 aliphatic rings. The van der Waals surface area contributed by atoms with Gasteiger partial charge in [0.2, 0.25) is 5.95 Å². The van der Waals surface area contributed by atoms with Crippen LogP contribution in [-0.4, -0.2) is 21.6 Å². The fourth-order valence-corrected chi connectivity index (χ4v) is 2.04. The number of rotatable bonds is 4. The SMILES string of the molecule is Oc1ccc(CCNc2ncc3ccccc3n2)cc1. The summed E-state index contributed by atoms with van der Waals surface area (Å²) in [6.45, 7) is 0.753. The van der Waals surface area contributed by atoms with Crippen molar-refractivity contribution in [2.45, 2.75) is 6.42 Å². The van der Waals surface area contributed by atoms with Crippen molar-refractivity contribution in [2.24, 2.45) is 0 Å². The Morgan fingerprint density at radius 2 is 1.80 bits per heavy atom. The summed E-state index contributed by atoms with van der Waals surface area (Å²) < 4.78 is 0. The molecule has 0 aliphatic heterocycles. The third-order valence-corrected chi connectivity index (χ3v) is 3.12. The summed E-state index contributed by atoms with van der Waals surface area (Å²) in [5.74, 6) is 0.932. The average Bonchev–Trinajstić information content (AvgIpc) is 2.49. The number of fused-ring (bicyclic) bond motifs is 1. The van der Waals surface area contributed by atoms with Crippen LogP contribution in [0.3, 0.4) is 0 Å².